The summed E-state index contributed by atoms with van der Waals surface area (Å²) in [6.45, 7) is 0. The van der Waals surface area contributed by atoms with Gasteiger partial charge < -0.3 is 10.5 Å². The molecule has 2 nitrogen and oxygen atoms in total. The lowest BCUT2D eigenvalue weighted by molar-refractivity contribution is 0.161. The lowest BCUT2D eigenvalue weighted by atomic mass is 9.94. The van der Waals surface area contributed by atoms with E-state index in [1.54, 1.807) is 0 Å². The Labute approximate surface area is 111 Å². The molecular weight excluding hydrogens is 246 g/mol. The maximum absolute atomic E-state index is 6.20. The standard InChI is InChI=1S/C15H14ClNO/c16-11-7-5-10(6-8-11)15-9-13(17)12-3-1-2-4-14(12)18-15/h1-8,13,15H,9,17H2/t13-,15?/m1/s1. The summed E-state index contributed by atoms with van der Waals surface area (Å²) in [5, 5.41) is 0.735. The van der Waals surface area contributed by atoms with Gasteiger partial charge in [-0.3, -0.25) is 0 Å². The van der Waals surface area contributed by atoms with Gasteiger partial charge in [0.2, 0.25) is 0 Å². The molecule has 1 heterocycles. The molecule has 0 bridgehead atoms. The Morgan fingerprint density at radius 2 is 1.78 bits per heavy atom. The van der Waals surface area contributed by atoms with E-state index < -0.39 is 0 Å². The van der Waals surface area contributed by atoms with Gasteiger partial charge >= 0.3 is 0 Å². The molecule has 1 unspecified atom stereocenters. The van der Waals surface area contributed by atoms with Crippen LogP contribution >= 0.6 is 11.6 Å². The first kappa shape index (κ1) is 11.6. The molecule has 0 saturated heterocycles. The van der Waals surface area contributed by atoms with Gasteiger partial charge in [0.15, 0.2) is 0 Å². The molecule has 0 radical (unpaired) electrons. The van der Waals surface area contributed by atoms with Crippen molar-refractivity contribution in [3.8, 4) is 5.75 Å². The van der Waals surface area contributed by atoms with Crippen molar-refractivity contribution in [2.45, 2.75) is 18.6 Å². The van der Waals surface area contributed by atoms with Crippen LogP contribution in [0.25, 0.3) is 0 Å². The van der Waals surface area contributed by atoms with Crippen molar-refractivity contribution in [1.82, 2.24) is 0 Å². The molecule has 3 rings (SSSR count). The molecule has 3 heteroatoms. The van der Waals surface area contributed by atoms with E-state index in [4.69, 9.17) is 22.1 Å². The van der Waals surface area contributed by atoms with Crippen LogP contribution in [0, 0.1) is 0 Å². The normalized spacial score (nSPS) is 22.1. The predicted molar refractivity (Wildman–Crippen MR) is 72.8 cm³/mol. The average Bonchev–Trinajstić information content (AvgIpc) is 2.39. The van der Waals surface area contributed by atoms with Crippen molar-refractivity contribution in [3.63, 3.8) is 0 Å². The molecule has 2 atom stereocenters. The first-order valence-corrected chi connectivity index (χ1v) is 6.38. The Morgan fingerprint density at radius 3 is 2.56 bits per heavy atom. The van der Waals surface area contributed by atoms with Gasteiger partial charge in [0.05, 0.1) is 0 Å². The quantitative estimate of drug-likeness (QED) is 0.844. The van der Waals surface area contributed by atoms with Crippen LogP contribution in [-0.4, -0.2) is 0 Å². The Morgan fingerprint density at radius 1 is 1.06 bits per heavy atom. The number of nitrogens with two attached hydrogens (primary N) is 1. The highest BCUT2D eigenvalue weighted by Gasteiger charge is 2.26. The van der Waals surface area contributed by atoms with E-state index in [1.807, 2.05) is 48.5 Å². The van der Waals surface area contributed by atoms with Crippen LogP contribution in [0.1, 0.15) is 29.7 Å². The number of hydrogen-bond acceptors (Lipinski definition) is 2. The number of benzene rings is 2. The Bertz CT molecular complexity index is 553. The van der Waals surface area contributed by atoms with Crippen LogP contribution in [0.2, 0.25) is 5.02 Å². The van der Waals surface area contributed by atoms with E-state index in [9.17, 15) is 0 Å². The summed E-state index contributed by atoms with van der Waals surface area (Å²) in [5.74, 6) is 0.885. The maximum Gasteiger partial charge on any atom is 0.126 e. The van der Waals surface area contributed by atoms with Crippen LogP contribution in [0.15, 0.2) is 48.5 Å². The Kier molecular flexibility index (Phi) is 2.98. The zero-order valence-electron chi connectivity index (χ0n) is 9.84. The van der Waals surface area contributed by atoms with E-state index >= 15 is 0 Å². The molecule has 1 aliphatic heterocycles. The van der Waals surface area contributed by atoms with E-state index in [-0.39, 0.29) is 12.1 Å². The summed E-state index contributed by atoms with van der Waals surface area (Å²) >= 11 is 5.89. The maximum atomic E-state index is 6.20. The van der Waals surface area contributed by atoms with Crippen LogP contribution in [-0.2, 0) is 0 Å². The van der Waals surface area contributed by atoms with Crippen LogP contribution in [0.3, 0.4) is 0 Å². The van der Waals surface area contributed by atoms with Gasteiger partial charge in [-0.1, -0.05) is 41.9 Å². The number of halogens is 1. The molecule has 18 heavy (non-hydrogen) atoms. The van der Waals surface area contributed by atoms with Crippen molar-refractivity contribution in [2.24, 2.45) is 5.73 Å². The Balaban J connectivity index is 1.92. The van der Waals surface area contributed by atoms with Crippen molar-refractivity contribution >= 4 is 11.6 Å². The minimum atomic E-state index is 0.00664. The lowest BCUT2D eigenvalue weighted by Crippen LogP contribution is -2.23. The highest BCUT2D eigenvalue weighted by atomic mass is 35.5. The zero-order chi connectivity index (χ0) is 12.5. The van der Waals surface area contributed by atoms with E-state index in [0.717, 1.165) is 28.3 Å². The Hall–Kier alpha value is -1.51. The van der Waals surface area contributed by atoms with E-state index in [1.165, 1.54) is 0 Å². The molecule has 0 fully saturated rings. The monoisotopic (exact) mass is 259 g/mol. The molecule has 0 aromatic heterocycles. The molecule has 0 aliphatic carbocycles. The second-order valence-corrected chi connectivity index (χ2v) is 4.97. The molecule has 2 aromatic rings. The van der Waals surface area contributed by atoms with Crippen LogP contribution < -0.4 is 10.5 Å². The summed E-state index contributed by atoms with van der Waals surface area (Å²) in [7, 11) is 0. The second kappa shape index (κ2) is 4.63. The summed E-state index contributed by atoms with van der Waals surface area (Å²) < 4.78 is 6.01. The first-order valence-electron chi connectivity index (χ1n) is 6.00. The highest BCUT2D eigenvalue weighted by Crippen LogP contribution is 2.39. The van der Waals surface area contributed by atoms with Gasteiger partial charge in [-0.25, -0.2) is 0 Å². The third-order valence-corrected chi connectivity index (χ3v) is 3.55. The van der Waals surface area contributed by atoms with Gasteiger partial charge in [0, 0.05) is 23.0 Å². The summed E-state index contributed by atoms with van der Waals surface area (Å²) in [5.41, 5.74) is 8.40. The van der Waals surface area contributed by atoms with Crippen LogP contribution in [0.4, 0.5) is 0 Å². The number of ether oxygens (including phenoxy) is 1. The third-order valence-electron chi connectivity index (χ3n) is 3.30. The molecule has 2 N–H and O–H groups in total. The number of hydrogen-bond donors (Lipinski definition) is 1. The van der Waals surface area contributed by atoms with Gasteiger partial charge in [-0.2, -0.15) is 0 Å². The fourth-order valence-electron chi connectivity index (χ4n) is 2.33. The summed E-state index contributed by atoms with van der Waals surface area (Å²) in [6, 6.07) is 15.7. The first-order chi connectivity index (χ1) is 8.74. The number of rotatable bonds is 1. The summed E-state index contributed by atoms with van der Waals surface area (Å²) in [6.07, 6.45) is 0.797. The largest absolute Gasteiger partial charge is 0.485 e. The lowest BCUT2D eigenvalue weighted by Gasteiger charge is -2.30. The predicted octanol–water partition coefficient (Wildman–Crippen LogP) is 3.86. The molecule has 1 aliphatic rings. The minimum absolute atomic E-state index is 0.00664. The number of para-hydroxylation sites is 1. The van der Waals surface area contributed by atoms with Crippen molar-refractivity contribution in [1.29, 1.82) is 0 Å². The van der Waals surface area contributed by atoms with E-state index in [2.05, 4.69) is 0 Å². The van der Waals surface area contributed by atoms with Crippen LogP contribution in [0.5, 0.6) is 5.75 Å². The molecule has 0 saturated carbocycles. The van der Waals surface area contributed by atoms with Crippen molar-refractivity contribution in [2.75, 3.05) is 0 Å². The topological polar surface area (TPSA) is 35.2 Å². The second-order valence-electron chi connectivity index (χ2n) is 4.54. The molecule has 0 amide bonds. The number of fused-ring (bicyclic) bond motifs is 1. The molecule has 0 spiro atoms. The van der Waals surface area contributed by atoms with Gasteiger partial charge in [-0.05, 0) is 23.8 Å². The molecular formula is C15H14ClNO. The van der Waals surface area contributed by atoms with Gasteiger partial charge in [0.25, 0.3) is 0 Å². The fourth-order valence-corrected chi connectivity index (χ4v) is 2.46. The van der Waals surface area contributed by atoms with Gasteiger partial charge in [-0.15, -0.1) is 0 Å². The highest BCUT2D eigenvalue weighted by molar-refractivity contribution is 6.30. The smallest absolute Gasteiger partial charge is 0.126 e. The minimum Gasteiger partial charge on any atom is -0.485 e. The SMILES string of the molecule is N[C@@H]1CC(c2ccc(Cl)cc2)Oc2ccccc21. The molecule has 92 valence electrons. The third kappa shape index (κ3) is 2.09. The van der Waals surface area contributed by atoms with Crippen molar-refractivity contribution in [3.05, 3.63) is 64.7 Å². The average molecular weight is 260 g/mol. The zero-order valence-corrected chi connectivity index (χ0v) is 10.6. The van der Waals surface area contributed by atoms with E-state index in [0.29, 0.717) is 0 Å². The summed E-state index contributed by atoms with van der Waals surface area (Å²) in [4.78, 5) is 0. The van der Waals surface area contributed by atoms with Crippen molar-refractivity contribution < 1.29 is 4.74 Å². The molecule has 2 aromatic carbocycles. The van der Waals surface area contributed by atoms with Gasteiger partial charge in [0.1, 0.15) is 11.9 Å². The fraction of sp³-hybridized carbons (Fsp3) is 0.200.